The maximum atomic E-state index is 12.8. The van der Waals surface area contributed by atoms with Crippen LogP contribution < -0.4 is 5.32 Å². The molecule has 0 radical (unpaired) electrons. The van der Waals surface area contributed by atoms with Crippen LogP contribution in [0.1, 0.15) is 48.4 Å². The lowest BCUT2D eigenvalue weighted by atomic mass is 10.0. The fourth-order valence-electron chi connectivity index (χ4n) is 3.48. The Labute approximate surface area is 185 Å². The van der Waals surface area contributed by atoms with Crippen LogP contribution in [0.5, 0.6) is 0 Å². The number of carbonyl (C=O) groups is 1. The van der Waals surface area contributed by atoms with Gasteiger partial charge in [-0.3, -0.25) is 9.78 Å². The largest absolute Gasteiger partial charge is 0.305 e. The third kappa shape index (κ3) is 4.36. The Hall–Kier alpha value is -3.25. The number of pyridine rings is 2. The summed E-state index contributed by atoms with van der Waals surface area (Å²) >= 11 is 0. The summed E-state index contributed by atoms with van der Waals surface area (Å²) in [6, 6.07) is 6.88. The Morgan fingerprint density at radius 3 is 2.81 bits per heavy atom. The lowest BCUT2D eigenvalue weighted by molar-refractivity contribution is 0.102. The van der Waals surface area contributed by atoms with E-state index in [0.717, 1.165) is 11.1 Å². The van der Waals surface area contributed by atoms with Crippen LogP contribution in [0.2, 0.25) is 0 Å². The zero-order valence-corrected chi connectivity index (χ0v) is 18.9. The van der Waals surface area contributed by atoms with E-state index in [1.807, 2.05) is 13.8 Å². The van der Waals surface area contributed by atoms with Gasteiger partial charge in [-0.1, -0.05) is 6.07 Å². The van der Waals surface area contributed by atoms with Crippen LogP contribution in [0.3, 0.4) is 0 Å². The molecule has 1 aliphatic rings. The Bertz CT molecular complexity index is 1260. The molecule has 1 aliphatic heterocycles. The normalized spacial score (nSPS) is 14.4. The van der Waals surface area contributed by atoms with Crippen molar-refractivity contribution < 1.29 is 13.2 Å². The van der Waals surface area contributed by atoms with Gasteiger partial charge in [0.25, 0.3) is 5.91 Å². The molecule has 3 aromatic heterocycles. The monoisotopic (exact) mass is 456 g/mol. The predicted octanol–water partition coefficient (Wildman–Crippen LogP) is 1.67. The number of hydrogen-bond donors (Lipinski definition) is 1. The molecule has 0 bridgehead atoms. The van der Waals surface area contributed by atoms with Crippen LogP contribution >= 0.6 is 0 Å². The third-order valence-corrected chi connectivity index (χ3v) is 7.08. The summed E-state index contributed by atoms with van der Waals surface area (Å²) in [5, 5.41) is 14.5. The van der Waals surface area contributed by atoms with Crippen molar-refractivity contribution in [2.75, 3.05) is 17.6 Å². The number of rotatable bonds is 6. The van der Waals surface area contributed by atoms with Crippen molar-refractivity contribution in [1.29, 1.82) is 0 Å². The van der Waals surface area contributed by atoms with Gasteiger partial charge < -0.3 is 5.32 Å². The number of tetrazole rings is 1. The lowest BCUT2D eigenvalue weighted by Crippen LogP contribution is -2.37. The van der Waals surface area contributed by atoms with Crippen molar-refractivity contribution in [2.45, 2.75) is 39.8 Å². The standard InChI is InChI=1S/C20H24N8O3S/c1-4-32(30,31)27-9-8-14-11-21-17(10-15(14)12-27)20(29)23-18-7-5-6-16(22-18)19-24-25-26-28(19)13(2)3/h5-7,10-11,13H,4,8-9,12H2,1-3H3,(H,22,23,29). The Kier molecular flexibility index (Phi) is 5.98. The van der Waals surface area contributed by atoms with Crippen LogP contribution in [0.25, 0.3) is 11.5 Å². The first kappa shape index (κ1) is 22.0. The molecular formula is C20H24N8O3S. The van der Waals surface area contributed by atoms with E-state index in [9.17, 15) is 13.2 Å². The zero-order chi connectivity index (χ0) is 22.9. The number of nitrogens with one attached hydrogen (secondary N) is 1. The van der Waals surface area contributed by atoms with Gasteiger partial charge in [0.1, 0.15) is 17.2 Å². The average Bonchev–Trinajstić information content (AvgIpc) is 3.29. The molecule has 4 rings (SSSR count). The summed E-state index contributed by atoms with van der Waals surface area (Å²) in [6.45, 7) is 6.19. The molecule has 0 aliphatic carbocycles. The number of fused-ring (bicyclic) bond motifs is 1. The number of amides is 1. The van der Waals surface area contributed by atoms with Crippen molar-refractivity contribution in [3.8, 4) is 11.5 Å². The highest BCUT2D eigenvalue weighted by atomic mass is 32.2. The summed E-state index contributed by atoms with van der Waals surface area (Å²) in [4.78, 5) is 21.5. The van der Waals surface area contributed by atoms with E-state index in [-0.39, 0.29) is 24.0 Å². The molecule has 168 valence electrons. The Balaban J connectivity index is 1.54. The van der Waals surface area contributed by atoms with Gasteiger partial charge in [0.2, 0.25) is 15.8 Å². The molecule has 0 aromatic carbocycles. The highest BCUT2D eigenvalue weighted by molar-refractivity contribution is 7.89. The number of anilines is 1. The van der Waals surface area contributed by atoms with Crippen LogP contribution in [-0.2, 0) is 23.0 Å². The van der Waals surface area contributed by atoms with Gasteiger partial charge in [-0.25, -0.2) is 18.1 Å². The van der Waals surface area contributed by atoms with E-state index in [4.69, 9.17) is 0 Å². The molecule has 11 nitrogen and oxygen atoms in total. The number of sulfonamides is 1. The SMILES string of the molecule is CCS(=O)(=O)N1CCc2cnc(C(=O)Nc3cccc(-c4nnnn4C(C)C)n3)cc2C1. The molecule has 1 N–H and O–H groups in total. The number of aromatic nitrogens is 6. The van der Waals surface area contributed by atoms with Crippen molar-refractivity contribution in [2.24, 2.45) is 0 Å². The molecule has 32 heavy (non-hydrogen) atoms. The van der Waals surface area contributed by atoms with Crippen molar-refractivity contribution >= 4 is 21.7 Å². The molecule has 1 amide bonds. The summed E-state index contributed by atoms with van der Waals surface area (Å²) in [5.74, 6) is 0.445. The van der Waals surface area contributed by atoms with Gasteiger partial charge in [0.05, 0.1) is 11.8 Å². The smallest absolute Gasteiger partial charge is 0.275 e. The van der Waals surface area contributed by atoms with E-state index in [2.05, 4.69) is 30.8 Å². The van der Waals surface area contributed by atoms with Crippen molar-refractivity contribution in [3.05, 3.63) is 47.3 Å². The first-order valence-electron chi connectivity index (χ1n) is 10.3. The van der Waals surface area contributed by atoms with E-state index in [1.165, 1.54) is 4.31 Å². The Morgan fingerprint density at radius 2 is 2.06 bits per heavy atom. The Morgan fingerprint density at radius 1 is 1.25 bits per heavy atom. The molecule has 0 spiro atoms. The summed E-state index contributed by atoms with van der Waals surface area (Å²) in [6.07, 6.45) is 2.21. The maximum absolute atomic E-state index is 12.8. The van der Waals surface area contributed by atoms with E-state index in [0.29, 0.717) is 30.3 Å². The van der Waals surface area contributed by atoms with Gasteiger partial charge >= 0.3 is 0 Å². The van der Waals surface area contributed by atoms with Crippen molar-refractivity contribution in [1.82, 2.24) is 34.5 Å². The summed E-state index contributed by atoms with van der Waals surface area (Å²) in [7, 11) is -3.30. The van der Waals surface area contributed by atoms with Gasteiger partial charge in [-0.2, -0.15) is 4.31 Å². The van der Waals surface area contributed by atoms with Gasteiger partial charge in [0.15, 0.2) is 0 Å². The molecule has 0 fully saturated rings. The molecule has 0 unspecified atom stereocenters. The quantitative estimate of drug-likeness (QED) is 0.592. The van der Waals surface area contributed by atoms with Crippen LogP contribution in [0.15, 0.2) is 30.5 Å². The van der Waals surface area contributed by atoms with Crippen LogP contribution in [-0.4, -0.2) is 61.1 Å². The molecular weight excluding hydrogens is 432 g/mol. The number of hydrogen-bond acceptors (Lipinski definition) is 8. The first-order valence-corrected chi connectivity index (χ1v) is 11.9. The molecule has 3 aromatic rings. The fourth-order valence-corrected chi connectivity index (χ4v) is 4.55. The van der Waals surface area contributed by atoms with Crippen LogP contribution in [0.4, 0.5) is 5.82 Å². The van der Waals surface area contributed by atoms with E-state index in [1.54, 1.807) is 42.1 Å². The van der Waals surface area contributed by atoms with Crippen LogP contribution in [0, 0.1) is 0 Å². The minimum absolute atomic E-state index is 0.0445. The van der Waals surface area contributed by atoms with E-state index < -0.39 is 15.9 Å². The van der Waals surface area contributed by atoms with E-state index >= 15 is 0 Å². The number of carbonyl (C=O) groups excluding carboxylic acids is 1. The minimum Gasteiger partial charge on any atom is -0.305 e. The predicted molar refractivity (Wildman–Crippen MR) is 117 cm³/mol. The molecule has 0 saturated heterocycles. The molecule has 0 atom stereocenters. The molecule has 4 heterocycles. The minimum atomic E-state index is -3.30. The second-order valence-electron chi connectivity index (χ2n) is 7.73. The van der Waals surface area contributed by atoms with Gasteiger partial charge in [0, 0.05) is 19.3 Å². The van der Waals surface area contributed by atoms with Gasteiger partial charge in [-0.05, 0) is 66.9 Å². The highest BCUT2D eigenvalue weighted by Gasteiger charge is 2.26. The fraction of sp³-hybridized carbons (Fsp3) is 0.400. The second-order valence-corrected chi connectivity index (χ2v) is 9.98. The number of nitrogens with zero attached hydrogens (tertiary/aromatic N) is 7. The lowest BCUT2D eigenvalue weighted by Gasteiger charge is -2.27. The van der Waals surface area contributed by atoms with Crippen molar-refractivity contribution in [3.63, 3.8) is 0 Å². The highest BCUT2D eigenvalue weighted by Crippen LogP contribution is 2.22. The topological polar surface area (TPSA) is 136 Å². The van der Waals surface area contributed by atoms with Gasteiger partial charge in [-0.15, -0.1) is 5.10 Å². The second kappa shape index (κ2) is 8.71. The first-order chi connectivity index (χ1) is 15.3. The molecule has 0 saturated carbocycles. The zero-order valence-electron chi connectivity index (χ0n) is 18.1. The third-order valence-electron chi connectivity index (χ3n) is 5.25. The average molecular weight is 457 g/mol. The molecule has 12 heteroatoms. The summed E-state index contributed by atoms with van der Waals surface area (Å²) < 4.78 is 27.5. The maximum Gasteiger partial charge on any atom is 0.275 e. The summed E-state index contributed by atoms with van der Waals surface area (Å²) in [5.41, 5.74) is 2.45.